The van der Waals surface area contributed by atoms with Crippen LogP contribution >= 0.6 is 0 Å². The first-order valence-electron chi connectivity index (χ1n) is 11.2. The normalized spacial score (nSPS) is 50.2. The molecule has 1 heterocycles. The Hall–Kier alpha value is -0.950. The van der Waals surface area contributed by atoms with Gasteiger partial charge in [-0.2, -0.15) is 0 Å². The molecule has 162 valence electrons. The molecule has 29 heavy (non-hydrogen) atoms. The molecule has 7 atom stereocenters. The Kier molecular flexibility index (Phi) is 4.17. The first-order valence-corrected chi connectivity index (χ1v) is 11.2. The monoisotopic (exact) mass is 406 g/mol. The van der Waals surface area contributed by atoms with Gasteiger partial charge in [0.2, 0.25) is 11.6 Å². The van der Waals surface area contributed by atoms with Crippen molar-refractivity contribution in [3.05, 3.63) is 11.6 Å². The highest BCUT2D eigenvalue weighted by Crippen LogP contribution is 2.69. The molecular weight excluding hydrogens is 372 g/mol. The van der Waals surface area contributed by atoms with E-state index in [1.165, 1.54) is 0 Å². The first-order chi connectivity index (χ1) is 13.5. The molecule has 0 aromatic heterocycles. The summed E-state index contributed by atoms with van der Waals surface area (Å²) in [6.45, 7) is 4.97. The van der Waals surface area contributed by atoms with Gasteiger partial charge in [-0.15, -0.1) is 0 Å². The molecule has 0 radical (unpaired) electrons. The summed E-state index contributed by atoms with van der Waals surface area (Å²) in [6, 6.07) is 0. The zero-order valence-corrected chi connectivity index (χ0v) is 17.4. The summed E-state index contributed by atoms with van der Waals surface area (Å²) in [4.78, 5) is 11.6. The fourth-order valence-electron chi connectivity index (χ4n) is 8.52. The Morgan fingerprint density at radius 2 is 1.66 bits per heavy atom. The first kappa shape index (κ1) is 20.0. The number of carbonyl (C=O) groups excluding carboxylic acids is 1. The van der Waals surface area contributed by atoms with Gasteiger partial charge in [-0.3, -0.25) is 0 Å². The van der Waals surface area contributed by atoms with Gasteiger partial charge in [-0.05, 0) is 84.5 Å². The fraction of sp³-hybridized carbons (Fsp3) is 0.870. The summed E-state index contributed by atoms with van der Waals surface area (Å²) in [5.74, 6) is -3.19. The summed E-state index contributed by atoms with van der Waals surface area (Å²) >= 11 is 0. The van der Waals surface area contributed by atoms with Crippen molar-refractivity contribution in [2.24, 2.45) is 40.4 Å². The fourth-order valence-corrected chi connectivity index (χ4v) is 8.52. The number of carbonyl (C=O) groups is 1. The molecule has 0 saturated heterocycles. The Morgan fingerprint density at radius 3 is 2.34 bits per heavy atom. The van der Waals surface area contributed by atoms with E-state index < -0.39 is 11.6 Å². The lowest BCUT2D eigenvalue weighted by molar-refractivity contribution is -0.398. The van der Waals surface area contributed by atoms with Gasteiger partial charge in [0, 0.05) is 18.9 Å². The van der Waals surface area contributed by atoms with Crippen LogP contribution in [0.1, 0.15) is 65.2 Å². The van der Waals surface area contributed by atoms with Crippen molar-refractivity contribution in [1.29, 1.82) is 0 Å². The molecule has 0 amide bonds. The van der Waals surface area contributed by atoms with E-state index in [9.17, 15) is 25.2 Å². The van der Waals surface area contributed by atoms with Crippen LogP contribution in [0.5, 0.6) is 0 Å². The van der Waals surface area contributed by atoms with Crippen molar-refractivity contribution in [3.8, 4) is 0 Å². The summed E-state index contributed by atoms with van der Waals surface area (Å²) < 4.78 is 5.20. The average molecular weight is 407 g/mol. The molecule has 0 spiro atoms. The van der Waals surface area contributed by atoms with Crippen LogP contribution in [0.4, 0.5) is 0 Å². The van der Waals surface area contributed by atoms with Crippen LogP contribution in [0.2, 0.25) is 0 Å². The minimum Gasteiger partial charge on any atom is -0.458 e. The number of hydrogen-bond acceptors (Lipinski definition) is 6. The minimum atomic E-state index is -2.47. The number of hydrogen-bond donors (Lipinski definition) is 4. The van der Waals surface area contributed by atoms with Crippen molar-refractivity contribution in [2.75, 3.05) is 6.61 Å². The average Bonchev–Trinajstić information content (AvgIpc) is 3.18. The molecule has 5 rings (SSSR count). The molecule has 0 aromatic rings. The zero-order valence-electron chi connectivity index (χ0n) is 17.4. The second-order valence-electron chi connectivity index (χ2n) is 11.2. The van der Waals surface area contributed by atoms with Gasteiger partial charge in [0.15, 0.2) is 0 Å². The molecule has 1 unspecified atom stereocenters. The van der Waals surface area contributed by atoms with Gasteiger partial charge in [0.1, 0.15) is 6.61 Å². The molecule has 1 aliphatic heterocycles. The van der Waals surface area contributed by atoms with Crippen LogP contribution in [0.15, 0.2) is 11.6 Å². The Morgan fingerprint density at radius 1 is 0.931 bits per heavy atom. The Labute approximate surface area is 172 Å². The van der Waals surface area contributed by atoms with Crippen LogP contribution in [-0.4, -0.2) is 44.6 Å². The smallest absolute Gasteiger partial charge is 0.331 e. The number of cyclic esters (lactones) is 1. The largest absolute Gasteiger partial charge is 0.458 e. The number of ether oxygens (including phenoxy) is 1. The highest BCUT2D eigenvalue weighted by molar-refractivity contribution is 5.85. The quantitative estimate of drug-likeness (QED) is 0.392. The molecular formula is C23H34O6. The predicted octanol–water partition coefficient (Wildman–Crippen LogP) is 2.10. The van der Waals surface area contributed by atoms with Gasteiger partial charge in [0.05, 0.1) is 0 Å². The highest BCUT2D eigenvalue weighted by Gasteiger charge is 2.66. The summed E-state index contributed by atoms with van der Waals surface area (Å²) in [5.41, 5.74) is 1.02. The van der Waals surface area contributed by atoms with Gasteiger partial charge in [-0.1, -0.05) is 13.8 Å². The topological polar surface area (TPSA) is 107 Å². The van der Waals surface area contributed by atoms with Gasteiger partial charge < -0.3 is 25.2 Å². The van der Waals surface area contributed by atoms with E-state index in [-0.39, 0.29) is 35.6 Å². The predicted molar refractivity (Wildman–Crippen MR) is 104 cm³/mol. The number of fused-ring (bicyclic) bond motifs is 5. The Balaban J connectivity index is 1.43. The number of esters is 1. The summed E-state index contributed by atoms with van der Waals surface area (Å²) in [5, 5.41) is 41.4. The second kappa shape index (κ2) is 6.06. The maximum atomic E-state index is 11.6. The third kappa shape index (κ3) is 2.65. The van der Waals surface area contributed by atoms with Crippen LogP contribution in [-0.2, 0) is 9.53 Å². The molecule has 0 bridgehead atoms. The van der Waals surface area contributed by atoms with Crippen molar-refractivity contribution >= 4 is 5.97 Å². The molecule has 4 fully saturated rings. The molecule has 6 heteroatoms. The van der Waals surface area contributed by atoms with Crippen LogP contribution in [0.3, 0.4) is 0 Å². The highest BCUT2D eigenvalue weighted by atomic mass is 16.6. The molecule has 5 aliphatic rings. The van der Waals surface area contributed by atoms with Gasteiger partial charge in [-0.25, -0.2) is 4.79 Å². The van der Waals surface area contributed by atoms with Gasteiger partial charge in [0.25, 0.3) is 0 Å². The zero-order chi connectivity index (χ0) is 20.8. The van der Waals surface area contributed by atoms with Crippen molar-refractivity contribution < 1.29 is 30.0 Å². The number of aliphatic hydroxyl groups is 4. The molecule has 4 N–H and O–H groups in total. The lowest BCUT2D eigenvalue weighted by Gasteiger charge is -2.63. The molecule has 6 nitrogen and oxygen atoms in total. The van der Waals surface area contributed by atoms with E-state index in [0.717, 1.165) is 44.1 Å². The minimum absolute atomic E-state index is 0.0131. The van der Waals surface area contributed by atoms with E-state index in [2.05, 4.69) is 13.8 Å². The van der Waals surface area contributed by atoms with E-state index in [1.807, 2.05) is 0 Å². The van der Waals surface area contributed by atoms with E-state index in [4.69, 9.17) is 4.74 Å². The third-order valence-corrected chi connectivity index (χ3v) is 10.00. The standard InChI is InChI=1S/C23H34O6/c1-20-8-7-18-15(17(20)6-5-16(20)13-9-19(24)29-11-13)4-3-14-10-22(25,26)23(27,28)12-21(14,18)2/h9,14-18,25-28H,3-8,10-12H2,1-2H3/t14?,15-,16+,17-,18-,20+,21-/m0/s1. The summed E-state index contributed by atoms with van der Waals surface area (Å²) in [6.07, 6.45) is 8.01. The molecule has 4 saturated carbocycles. The SMILES string of the molecule is C[C@]12CC[C@H]3[C@@H](CCC4CC(O)(O)C(O)(O)C[C@@]43C)[C@@H]1CC[C@@H]2C1=CC(=O)OC1. The maximum Gasteiger partial charge on any atom is 0.331 e. The van der Waals surface area contributed by atoms with Crippen molar-refractivity contribution in [1.82, 2.24) is 0 Å². The Bertz CT molecular complexity index is 756. The summed E-state index contributed by atoms with van der Waals surface area (Å²) in [7, 11) is 0. The van der Waals surface area contributed by atoms with Crippen molar-refractivity contribution in [2.45, 2.75) is 76.8 Å². The number of rotatable bonds is 1. The maximum absolute atomic E-state index is 11.6. The van der Waals surface area contributed by atoms with E-state index in [1.54, 1.807) is 6.08 Å². The van der Waals surface area contributed by atoms with E-state index >= 15 is 0 Å². The lowest BCUT2D eigenvalue weighted by Crippen LogP contribution is -2.66. The second-order valence-corrected chi connectivity index (χ2v) is 11.2. The van der Waals surface area contributed by atoms with Crippen LogP contribution < -0.4 is 0 Å². The molecule has 4 aliphatic carbocycles. The van der Waals surface area contributed by atoms with Crippen molar-refractivity contribution in [3.63, 3.8) is 0 Å². The van der Waals surface area contributed by atoms with E-state index in [0.29, 0.717) is 30.3 Å². The molecule has 0 aromatic carbocycles. The van der Waals surface area contributed by atoms with Crippen LogP contribution in [0.25, 0.3) is 0 Å². The third-order valence-electron chi connectivity index (χ3n) is 10.00. The lowest BCUT2D eigenvalue weighted by atomic mass is 9.43. The van der Waals surface area contributed by atoms with Crippen LogP contribution in [0, 0.1) is 40.4 Å². The van der Waals surface area contributed by atoms with Gasteiger partial charge >= 0.3 is 5.97 Å².